The third-order valence-corrected chi connectivity index (χ3v) is 3.54. The third-order valence-electron chi connectivity index (χ3n) is 3.54. The summed E-state index contributed by atoms with van der Waals surface area (Å²) in [6.07, 6.45) is 8.07. The molecule has 0 heterocycles. The first kappa shape index (κ1) is 13.9. The van der Waals surface area contributed by atoms with Gasteiger partial charge in [0.1, 0.15) is 0 Å². The molecule has 0 amide bonds. The topological polar surface area (TPSA) is 24.5 Å². The van der Waals surface area contributed by atoms with E-state index in [1.165, 1.54) is 45.1 Å². The van der Waals surface area contributed by atoms with Crippen molar-refractivity contribution in [3.05, 3.63) is 0 Å². The van der Waals surface area contributed by atoms with Crippen molar-refractivity contribution in [1.82, 2.24) is 10.2 Å². The predicted molar refractivity (Wildman–Crippen MR) is 68.9 cm³/mol. The molecule has 1 rings (SSSR count). The van der Waals surface area contributed by atoms with Crippen molar-refractivity contribution in [3.8, 4) is 0 Å². The number of ether oxygens (including phenoxy) is 1. The van der Waals surface area contributed by atoms with Crippen molar-refractivity contribution in [1.29, 1.82) is 0 Å². The molecule has 1 saturated carbocycles. The SMILES string of the molecule is COCCCCNCCN(C)C1CCCC1. The molecule has 0 aromatic heterocycles. The smallest absolute Gasteiger partial charge is 0.0462 e. The van der Waals surface area contributed by atoms with Crippen LogP contribution in [0.3, 0.4) is 0 Å². The highest BCUT2D eigenvalue weighted by Gasteiger charge is 2.18. The van der Waals surface area contributed by atoms with E-state index in [4.69, 9.17) is 4.74 Å². The molecule has 0 radical (unpaired) electrons. The van der Waals surface area contributed by atoms with Crippen LogP contribution < -0.4 is 5.32 Å². The molecule has 0 aliphatic heterocycles. The van der Waals surface area contributed by atoms with Gasteiger partial charge in [0, 0.05) is 32.8 Å². The number of likely N-dealkylation sites (N-methyl/N-ethyl adjacent to an activating group) is 1. The van der Waals surface area contributed by atoms with Gasteiger partial charge < -0.3 is 15.0 Å². The summed E-state index contributed by atoms with van der Waals surface area (Å²) in [5.41, 5.74) is 0. The summed E-state index contributed by atoms with van der Waals surface area (Å²) >= 11 is 0. The van der Waals surface area contributed by atoms with E-state index >= 15 is 0 Å². The Kier molecular flexibility index (Phi) is 7.81. The Morgan fingerprint density at radius 3 is 2.62 bits per heavy atom. The number of nitrogens with zero attached hydrogens (tertiary/aromatic N) is 1. The Balaban J connectivity index is 1.86. The van der Waals surface area contributed by atoms with Gasteiger partial charge in [0.2, 0.25) is 0 Å². The number of rotatable bonds is 9. The third kappa shape index (κ3) is 5.83. The molecule has 0 bridgehead atoms. The number of hydrogen-bond donors (Lipinski definition) is 1. The van der Waals surface area contributed by atoms with Crippen LogP contribution in [0.1, 0.15) is 38.5 Å². The summed E-state index contributed by atoms with van der Waals surface area (Å²) in [6, 6.07) is 0.857. The first-order valence-electron chi connectivity index (χ1n) is 6.74. The van der Waals surface area contributed by atoms with Gasteiger partial charge in [-0.2, -0.15) is 0 Å². The Morgan fingerprint density at radius 2 is 1.94 bits per heavy atom. The number of unbranched alkanes of at least 4 members (excludes halogenated alkanes) is 1. The van der Waals surface area contributed by atoms with E-state index in [1.807, 2.05) is 0 Å². The summed E-state index contributed by atoms with van der Waals surface area (Å²) in [5, 5.41) is 3.50. The molecule has 3 nitrogen and oxygen atoms in total. The fraction of sp³-hybridized carbons (Fsp3) is 1.00. The average molecular weight is 228 g/mol. The maximum atomic E-state index is 5.02. The summed E-state index contributed by atoms with van der Waals surface area (Å²) in [7, 11) is 4.03. The lowest BCUT2D eigenvalue weighted by atomic mass is 10.2. The van der Waals surface area contributed by atoms with Crippen molar-refractivity contribution in [2.75, 3.05) is 40.4 Å². The Bertz CT molecular complexity index is 158. The molecule has 96 valence electrons. The van der Waals surface area contributed by atoms with Crippen LogP contribution in [0.15, 0.2) is 0 Å². The molecule has 0 unspecified atom stereocenters. The van der Waals surface area contributed by atoms with E-state index in [1.54, 1.807) is 7.11 Å². The predicted octanol–water partition coefficient (Wildman–Crippen LogP) is 1.88. The Morgan fingerprint density at radius 1 is 1.19 bits per heavy atom. The van der Waals surface area contributed by atoms with Crippen LogP contribution in [0.25, 0.3) is 0 Å². The highest BCUT2D eigenvalue weighted by molar-refractivity contribution is 4.75. The Hall–Kier alpha value is -0.120. The molecule has 0 aromatic rings. The second-order valence-electron chi connectivity index (χ2n) is 4.87. The fourth-order valence-electron chi connectivity index (χ4n) is 2.40. The van der Waals surface area contributed by atoms with Gasteiger partial charge in [0.25, 0.3) is 0 Å². The molecule has 1 aliphatic rings. The van der Waals surface area contributed by atoms with Crippen LogP contribution in [0, 0.1) is 0 Å². The second-order valence-corrected chi connectivity index (χ2v) is 4.87. The van der Waals surface area contributed by atoms with Crippen LogP contribution in [0.4, 0.5) is 0 Å². The molecule has 1 aliphatic carbocycles. The molecule has 0 saturated heterocycles. The van der Waals surface area contributed by atoms with Crippen LogP contribution in [0.5, 0.6) is 0 Å². The van der Waals surface area contributed by atoms with Gasteiger partial charge in [0.05, 0.1) is 0 Å². The molecule has 3 heteroatoms. The van der Waals surface area contributed by atoms with Gasteiger partial charge in [0.15, 0.2) is 0 Å². The van der Waals surface area contributed by atoms with Gasteiger partial charge >= 0.3 is 0 Å². The number of methoxy groups -OCH3 is 1. The van der Waals surface area contributed by atoms with E-state index in [-0.39, 0.29) is 0 Å². The molecule has 0 spiro atoms. The Labute approximate surface area is 101 Å². The normalized spacial score (nSPS) is 17.4. The van der Waals surface area contributed by atoms with Crippen LogP contribution in [-0.2, 0) is 4.74 Å². The minimum atomic E-state index is 0.857. The number of nitrogens with one attached hydrogen (secondary N) is 1. The summed E-state index contributed by atoms with van der Waals surface area (Å²) < 4.78 is 5.02. The summed E-state index contributed by atoms with van der Waals surface area (Å²) in [5.74, 6) is 0. The van der Waals surface area contributed by atoms with Gasteiger partial charge in [-0.3, -0.25) is 0 Å². The average Bonchev–Trinajstić information content (AvgIpc) is 2.81. The second kappa shape index (κ2) is 8.97. The van der Waals surface area contributed by atoms with Crippen molar-refractivity contribution in [2.24, 2.45) is 0 Å². The summed E-state index contributed by atoms with van der Waals surface area (Å²) in [4.78, 5) is 2.52. The highest BCUT2D eigenvalue weighted by Crippen LogP contribution is 2.21. The first-order valence-corrected chi connectivity index (χ1v) is 6.74. The highest BCUT2D eigenvalue weighted by atomic mass is 16.5. The van der Waals surface area contributed by atoms with Crippen LogP contribution in [-0.4, -0.2) is 51.3 Å². The molecule has 1 N–H and O–H groups in total. The van der Waals surface area contributed by atoms with Gasteiger partial charge in [-0.1, -0.05) is 12.8 Å². The van der Waals surface area contributed by atoms with E-state index in [0.717, 1.165) is 25.7 Å². The zero-order valence-electron chi connectivity index (χ0n) is 11.0. The van der Waals surface area contributed by atoms with E-state index in [2.05, 4.69) is 17.3 Å². The lowest BCUT2D eigenvalue weighted by Crippen LogP contribution is -2.35. The van der Waals surface area contributed by atoms with E-state index < -0.39 is 0 Å². The van der Waals surface area contributed by atoms with Crippen molar-refractivity contribution < 1.29 is 4.74 Å². The fourth-order valence-corrected chi connectivity index (χ4v) is 2.40. The van der Waals surface area contributed by atoms with Gasteiger partial charge in [-0.05, 0) is 39.3 Å². The zero-order chi connectivity index (χ0) is 11.6. The molecule has 0 aromatic carbocycles. The monoisotopic (exact) mass is 228 g/mol. The lowest BCUT2D eigenvalue weighted by molar-refractivity contribution is 0.192. The van der Waals surface area contributed by atoms with Crippen LogP contribution in [0.2, 0.25) is 0 Å². The van der Waals surface area contributed by atoms with Crippen LogP contribution >= 0.6 is 0 Å². The minimum Gasteiger partial charge on any atom is -0.385 e. The van der Waals surface area contributed by atoms with Crippen molar-refractivity contribution in [2.45, 2.75) is 44.6 Å². The van der Waals surface area contributed by atoms with E-state index in [9.17, 15) is 0 Å². The lowest BCUT2D eigenvalue weighted by Gasteiger charge is -2.23. The maximum absolute atomic E-state index is 5.02. The molecule has 0 atom stereocenters. The largest absolute Gasteiger partial charge is 0.385 e. The van der Waals surface area contributed by atoms with E-state index in [0.29, 0.717) is 0 Å². The molecular weight excluding hydrogens is 200 g/mol. The quantitative estimate of drug-likeness (QED) is 0.610. The number of hydrogen-bond acceptors (Lipinski definition) is 3. The first-order chi connectivity index (χ1) is 7.84. The standard InChI is InChI=1S/C13H28N2O/c1-15(13-7-3-4-8-13)11-10-14-9-5-6-12-16-2/h13-14H,3-12H2,1-2H3. The molecule has 16 heavy (non-hydrogen) atoms. The van der Waals surface area contributed by atoms with Gasteiger partial charge in [-0.15, -0.1) is 0 Å². The van der Waals surface area contributed by atoms with Crippen molar-refractivity contribution >= 4 is 0 Å². The molecular formula is C13H28N2O. The molecule has 1 fully saturated rings. The summed E-state index contributed by atoms with van der Waals surface area (Å²) in [6.45, 7) is 4.33. The zero-order valence-corrected chi connectivity index (χ0v) is 11.0. The van der Waals surface area contributed by atoms with Crippen molar-refractivity contribution in [3.63, 3.8) is 0 Å². The van der Waals surface area contributed by atoms with Gasteiger partial charge in [-0.25, -0.2) is 0 Å². The minimum absolute atomic E-state index is 0.857. The maximum Gasteiger partial charge on any atom is 0.0462 e.